The maximum Gasteiger partial charge on any atom is 0.431 e. The van der Waals surface area contributed by atoms with Crippen LogP contribution >= 0.6 is 0 Å². The van der Waals surface area contributed by atoms with Crippen molar-refractivity contribution in [2.24, 2.45) is 10.7 Å². The lowest BCUT2D eigenvalue weighted by molar-refractivity contribution is -0.0918. The molecule has 0 fully saturated rings. The fourth-order valence-corrected chi connectivity index (χ4v) is 1.42. The molecule has 0 saturated carbocycles. The molecule has 104 valence electrons. The molecule has 0 heterocycles. The van der Waals surface area contributed by atoms with E-state index in [-0.39, 0.29) is 5.56 Å². The Morgan fingerprint density at radius 1 is 1.21 bits per heavy atom. The zero-order chi connectivity index (χ0) is 14.8. The van der Waals surface area contributed by atoms with E-state index < -0.39 is 34.6 Å². The number of nitrogens with zero attached hydrogens (tertiary/aromatic N) is 1. The monoisotopic (exact) mass is 278 g/mol. The Bertz CT molecular complexity index is 544. The molecule has 0 aliphatic carbocycles. The van der Waals surface area contributed by atoms with Crippen molar-refractivity contribution in [2.45, 2.75) is 13.1 Å². The molecular weight excluding hydrogens is 267 g/mol. The Kier molecular flexibility index (Phi) is 4.28. The third-order valence-corrected chi connectivity index (χ3v) is 2.39. The van der Waals surface area contributed by atoms with Gasteiger partial charge in [-0.05, 0) is 24.6 Å². The van der Waals surface area contributed by atoms with E-state index in [0.29, 0.717) is 6.07 Å². The smallest absolute Gasteiger partial charge is 0.394 e. The van der Waals surface area contributed by atoms with Crippen LogP contribution in [-0.4, -0.2) is 19.4 Å². The van der Waals surface area contributed by atoms with E-state index in [0.717, 1.165) is 12.3 Å². The fourth-order valence-electron chi connectivity index (χ4n) is 1.42. The van der Waals surface area contributed by atoms with Crippen molar-refractivity contribution in [3.05, 3.63) is 40.6 Å². The van der Waals surface area contributed by atoms with Crippen molar-refractivity contribution in [1.82, 2.24) is 0 Å². The van der Waals surface area contributed by atoms with E-state index in [1.807, 2.05) is 0 Å². The molecule has 0 unspecified atom stereocenters. The lowest BCUT2D eigenvalue weighted by Crippen LogP contribution is -2.22. The number of nitrogens with two attached hydrogens (primary N) is 1. The summed E-state index contributed by atoms with van der Waals surface area (Å²) >= 11 is 0. The molecule has 0 saturated heterocycles. The summed E-state index contributed by atoms with van der Waals surface area (Å²) in [6.07, 6.45) is -4.11. The molecule has 0 radical (unpaired) electrons. The van der Waals surface area contributed by atoms with E-state index >= 15 is 0 Å². The summed E-state index contributed by atoms with van der Waals surface area (Å²) in [4.78, 5) is 3.39. The van der Waals surface area contributed by atoms with Gasteiger partial charge < -0.3 is 5.73 Å². The Hall–Kier alpha value is -1.92. The van der Waals surface area contributed by atoms with Crippen molar-refractivity contribution in [3.8, 4) is 0 Å². The van der Waals surface area contributed by atoms with Crippen LogP contribution in [0.3, 0.4) is 0 Å². The Morgan fingerprint density at radius 2 is 1.79 bits per heavy atom. The largest absolute Gasteiger partial charge is 0.431 e. The lowest BCUT2D eigenvalue weighted by Gasteiger charge is -2.13. The lowest BCUT2D eigenvalue weighted by atomic mass is 10.0. The van der Waals surface area contributed by atoms with Crippen molar-refractivity contribution in [2.75, 3.05) is 7.05 Å². The van der Waals surface area contributed by atoms with Gasteiger partial charge >= 0.3 is 6.18 Å². The van der Waals surface area contributed by atoms with Crippen molar-refractivity contribution < 1.29 is 22.0 Å². The van der Waals surface area contributed by atoms with Crippen LogP contribution in [0, 0.1) is 18.6 Å². The molecule has 19 heavy (non-hydrogen) atoms. The average molecular weight is 278 g/mol. The van der Waals surface area contributed by atoms with Crippen LogP contribution in [0.5, 0.6) is 0 Å². The van der Waals surface area contributed by atoms with Gasteiger partial charge in [-0.25, -0.2) is 8.78 Å². The zero-order valence-electron chi connectivity index (χ0n) is 10.1. The first-order chi connectivity index (χ1) is 8.68. The predicted octanol–water partition coefficient (Wildman–Crippen LogP) is 3.21. The van der Waals surface area contributed by atoms with Crippen LogP contribution in [0.2, 0.25) is 0 Å². The Morgan fingerprint density at radius 3 is 2.26 bits per heavy atom. The summed E-state index contributed by atoms with van der Waals surface area (Å²) in [7, 11) is 1.20. The zero-order valence-corrected chi connectivity index (χ0v) is 10.1. The molecule has 0 aliphatic heterocycles. The molecule has 0 bridgehead atoms. The van der Waals surface area contributed by atoms with E-state index in [4.69, 9.17) is 5.73 Å². The van der Waals surface area contributed by atoms with Crippen LogP contribution in [0.15, 0.2) is 22.8 Å². The minimum absolute atomic E-state index is 0.0142. The third-order valence-electron chi connectivity index (χ3n) is 2.39. The third kappa shape index (κ3) is 3.30. The fraction of sp³-hybridized carbons (Fsp3) is 0.250. The van der Waals surface area contributed by atoms with Crippen molar-refractivity contribution in [1.29, 1.82) is 0 Å². The summed E-state index contributed by atoms with van der Waals surface area (Å²) in [6.45, 7) is 1.30. The molecular formula is C12H11F5N2. The maximum absolute atomic E-state index is 13.7. The van der Waals surface area contributed by atoms with E-state index in [1.165, 1.54) is 14.0 Å². The highest BCUT2D eigenvalue weighted by Gasteiger charge is 2.34. The summed E-state index contributed by atoms with van der Waals surface area (Å²) in [5, 5.41) is 0. The van der Waals surface area contributed by atoms with Crippen LogP contribution in [-0.2, 0) is 0 Å². The standard InChI is InChI=1S/C12H11F5N2/c1-6-3-10(14)7(4-9(6)13)8(5-19-2)11(18)12(15,16)17/h3-5H,18H2,1-2H3. The molecule has 0 aliphatic rings. The molecule has 1 aromatic rings. The second-order valence-electron chi connectivity index (χ2n) is 3.79. The number of rotatable bonds is 2. The number of alkyl halides is 3. The van der Waals surface area contributed by atoms with Gasteiger partial charge in [-0.15, -0.1) is 0 Å². The molecule has 0 spiro atoms. The van der Waals surface area contributed by atoms with Crippen LogP contribution in [0.1, 0.15) is 11.1 Å². The SMILES string of the molecule is CN=CC(=C(N)C(F)(F)F)c1cc(F)c(C)cc1F. The van der Waals surface area contributed by atoms with Gasteiger partial charge in [0.2, 0.25) is 0 Å². The van der Waals surface area contributed by atoms with Crippen LogP contribution in [0.25, 0.3) is 5.57 Å². The number of benzene rings is 1. The minimum Gasteiger partial charge on any atom is -0.394 e. The van der Waals surface area contributed by atoms with Gasteiger partial charge in [-0.3, -0.25) is 4.99 Å². The number of aryl methyl sites for hydroxylation is 1. The van der Waals surface area contributed by atoms with Gasteiger partial charge in [0.1, 0.15) is 17.3 Å². The van der Waals surface area contributed by atoms with Gasteiger partial charge in [-0.1, -0.05) is 0 Å². The highest BCUT2D eigenvalue weighted by atomic mass is 19.4. The van der Waals surface area contributed by atoms with Crippen LogP contribution in [0.4, 0.5) is 22.0 Å². The first-order valence-corrected chi connectivity index (χ1v) is 5.13. The van der Waals surface area contributed by atoms with Crippen molar-refractivity contribution in [3.63, 3.8) is 0 Å². The van der Waals surface area contributed by atoms with Gasteiger partial charge in [0.05, 0.1) is 0 Å². The highest BCUT2D eigenvalue weighted by Crippen LogP contribution is 2.30. The van der Waals surface area contributed by atoms with Gasteiger partial charge in [0, 0.05) is 24.4 Å². The maximum atomic E-state index is 13.7. The first-order valence-electron chi connectivity index (χ1n) is 5.13. The number of hydrogen-bond donors (Lipinski definition) is 1. The average Bonchev–Trinajstić information content (AvgIpc) is 2.29. The van der Waals surface area contributed by atoms with Gasteiger partial charge in [0.15, 0.2) is 0 Å². The molecule has 2 nitrogen and oxygen atoms in total. The van der Waals surface area contributed by atoms with Gasteiger partial charge in [-0.2, -0.15) is 13.2 Å². The normalized spacial score (nSPS) is 13.8. The highest BCUT2D eigenvalue weighted by molar-refractivity contribution is 6.11. The van der Waals surface area contributed by atoms with Crippen molar-refractivity contribution >= 4 is 11.8 Å². The number of aliphatic imine (C=N–C) groups is 1. The molecule has 1 rings (SSSR count). The molecule has 7 heteroatoms. The summed E-state index contributed by atoms with van der Waals surface area (Å²) in [5.74, 6) is -1.82. The Labute approximate surface area is 106 Å². The van der Waals surface area contributed by atoms with E-state index in [2.05, 4.69) is 4.99 Å². The van der Waals surface area contributed by atoms with E-state index in [1.54, 1.807) is 0 Å². The summed E-state index contributed by atoms with van der Waals surface area (Å²) in [5.41, 5.74) is 2.12. The second kappa shape index (κ2) is 5.38. The molecule has 0 amide bonds. The number of halogens is 5. The summed E-state index contributed by atoms with van der Waals surface area (Å²) in [6, 6.07) is 1.47. The molecule has 1 aromatic carbocycles. The second-order valence-corrected chi connectivity index (χ2v) is 3.79. The predicted molar refractivity (Wildman–Crippen MR) is 62.7 cm³/mol. The van der Waals surface area contributed by atoms with Gasteiger partial charge in [0.25, 0.3) is 0 Å². The quantitative estimate of drug-likeness (QED) is 0.654. The topological polar surface area (TPSA) is 38.4 Å². The molecule has 0 atom stereocenters. The minimum atomic E-state index is -4.86. The van der Waals surface area contributed by atoms with E-state index in [9.17, 15) is 22.0 Å². The number of allylic oxidation sites excluding steroid dienone is 2. The Balaban J connectivity index is 3.58. The van der Waals surface area contributed by atoms with Crippen LogP contribution < -0.4 is 5.73 Å². The number of hydrogen-bond acceptors (Lipinski definition) is 2. The molecule has 2 N–H and O–H groups in total. The summed E-state index contributed by atoms with van der Waals surface area (Å²) < 4.78 is 64.7. The molecule has 0 aromatic heterocycles. The first kappa shape index (κ1) is 15.1.